The molecular formula is C22H32N6O. The van der Waals surface area contributed by atoms with E-state index in [0.29, 0.717) is 6.04 Å². The molecule has 2 aromatic rings. The molecule has 3 N–H and O–H groups in total. The first-order valence-corrected chi connectivity index (χ1v) is 10.4. The summed E-state index contributed by atoms with van der Waals surface area (Å²) in [5.41, 5.74) is 8.93. The molecule has 4 rings (SSSR count). The molecule has 0 amide bonds. The van der Waals surface area contributed by atoms with Crippen LogP contribution < -0.4 is 20.7 Å². The highest BCUT2D eigenvalue weighted by Gasteiger charge is 2.40. The van der Waals surface area contributed by atoms with Crippen LogP contribution in [0.4, 0.5) is 11.5 Å². The molecule has 1 aromatic carbocycles. The van der Waals surface area contributed by atoms with Gasteiger partial charge in [0.15, 0.2) is 0 Å². The van der Waals surface area contributed by atoms with Gasteiger partial charge in [-0.3, -0.25) is 0 Å². The zero-order valence-corrected chi connectivity index (χ0v) is 17.9. The first-order valence-electron chi connectivity index (χ1n) is 10.4. The Morgan fingerprint density at radius 2 is 2.03 bits per heavy atom. The molecule has 7 nitrogen and oxygen atoms in total. The number of hydrogen-bond acceptors (Lipinski definition) is 7. The van der Waals surface area contributed by atoms with Crippen molar-refractivity contribution >= 4 is 11.5 Å². The molecule has 0 radical (unpaired) electrons. The van der Waals surface area contributed by atoms with Crippen LogP contribution in [0.5, 0.6) is 5.75 Å². The molecule has 1 aliphatic carbocycles. The Hall–Kier alpha value is -2.38. The molecule has 2 fully saturated rings. The average molecular weight is 397 g/mol. The number of rotatable bonds is 6. The van der Waals surface area contributed by atoms with Gasteiger partial charge in [0.05, 0.1) is 11.7 Å². The molecule has 1 aliphatic heterocycles. The Kier molecular flexibility index (Phi) is 5.36. The van der Waals surface area contributed by atoms with Gasteiger partial charge in [0.25, 0.3) is 0 Å². The molecule has 2 atom stereocenters. The largest absolute Gasteiger partial charge is 0.488 e. The Bertz CT molecular complexity index is 868. The van der Waals surface area contributed by atoms with Gasteiger partial charge in [-0.15, -0.1) is 0 Å². The number of nitrogens with two attached hydrogens (primary N) is 1. The molecule has 1 saturated heterocycles. The summed E-state index contributed by atoms with van der Waals surface area (Å²) in [6, 6.07) is 8.27. The minimum Gasteiger partial charge on any atom is -0.488 e. The van der Waals surface area contributed by atoms with E-state index in [2.05, 4.69) is 52.0 Å². The second-order valence-electron chi connectivity index (χ2n) is 8.67. The topological polar surface area (TPSA) is 79.5 Å². The molecule has 2 heterocycles. The molecular weight excluding hydrogens is 364 g/mol. The monoisotopic (exact) mass is 396 g/mol. The lowest BCUT2D eigenvalue weighted by molar-refractivity contribution is 0.200. The van der Waals surface area contributed by atoms with Crippen LogP contribution in [0.3, 0.4) is 0 Å². The van der Waals surface area contributed by atoms with Crippen LogP contribution in [0.1, 0.15) is 44.0 Å². The van der Waals surface area contributed by atoms with Crippen LogP contribution in [0.25, 0.3) is 0 Å². The Labute approximate surface area is 173 Å². The van der Waals surface area contributed by atoms with Crippen LogP contribution in [0, 0.1) is 0 Å². The van der Waals surface area contributed by atoms with E-state index in [9.17, 15) is 0 Å². The van der Waals surface area contributed by atoms with Crippen molar-refractivity contribution in [3.63, 3.8) is 0 Å². The fourth-order valence-electron chi connectivity index (χ4n) is 4.05. The molecule has 156 valence electrons. The maximum absolute atomic E-state index is 6.35. The summed E-state index contributed by atoms with van der Waals surface area (Å²) in [6.45, 7) is 7.41. The summed E-state index contributed by atoms with van der Waals surface area (Å²) >= 11 is 0. The number of anilines is 2. The van der Waals surface area contributed by atoms with Crippen molar-refractivity contribution in [2.24, 2.45) is 0 Å². The lowest BCUT2D eigenvalue weighted by atomic mass is 10.0. The van der Waals surface area contributed by atoms with Crippen LogP contribution in [-0.2, 0) is 0 Å². The van der Waals surface area contributed by atoms with E-state index in [1.54, 1.807) is 6.33 Å². The minimum atomic E-state index is -0.130. The molecule has 1 aromatic heterocycles. The van der Waals surface area contributed by atoms with Gasteiger partial charge in [0, 0.05) is 43.0 Å². The maximum Gasteiger partial charge on any atom is 0.132 e. The molecule has 29 heavy (non-hydrogen) atoms. The third-order valence-corrected chi connectivity index (χ3v) is 6.07. The van der Waals surface area contributed by atoms with E-state index < -0.39 is 0 Å². The van der Waals surface area contributed by atoms with Gasteiger partial charge in [-0.25, -0.2) is 9.97 Å². The summed E-state index contributed by atoms with van der Waals surface area (Å²) in [4.78, 5) is 13.8. The average Bonchev–Trinajstić information content (AvgIpc) is 3.42. The standard InChI is InChI=1S/C22H32N6O/c1-15-13-27(4)9-10-28(15)20-12-19(25-14-26-20)21(24-3)17-11-16(5-6-18(17)23)29-22(2)7-8-22/h5-6,11-12,14-15,21,24H,7-10,13,23H2,1-4H3. The highest BCUT2D eigenvalue weighted by molar-refractivity contribution is 5.55. The molecule has 1 saturated carbocycles. The normalized spacial score (nSPS) is 22.3. The predicted octanol–water partition coefficient (Wildman–Crippen LogP) is 2.44. The van der Waals surface area contributed by atoms with Crippen molar-refractivity contribution in [2.75, 3.05) is 44.4 Å². The SMILES string of the molecule is CNC(c1cc(N2CCN(C)CC2C)ncn1)c1cc(OC2(C)CC2)ccc1N. The highest BCUT2D eigenvalue weighted by atomic mass is 16.5. The predicted molar refractivity (Wildman–Crippen MR) is 116 cm³/mol. The van der Waals surface area contributed by atoms with Gasteiger partial charge in [-0.05, 0) is 59.0 Å². The van der Waals surface area contributed by atoms with Gasteiger partial charge in [0.1, 0.15) is 23.5 Å². The highest BCUT2D eigenvalue weighted by Crippen LogP contribution is 2.40. The van der Waals surface area contributed by atoms with Gasteiger partial charge < -0.3 is 25.6 Å². The zero-order chi connectivity index (χ0) is 20.6. The van der Waals surface area contributed by atoms with Gasteiger partial charge in [-0.1, -0.05) is 0 Å². The first kappa shape index (κ1) is 19.9. The molecule has 0 spiro atoms. The van der Waals surface area contributed by atoms with Crippen molar-refractivity contribution < 1.29 is 4.74 Å². The minimum absolute atomic E-state index is 0.0256. The smallest absolute Gasteiger partial charge is 0.132 e. The Balaban J connectivity index is 1.62. The number of nitrogens with zero attached hydrogens (tertiary/aromatic N) is 4. The van der Waals surface area contributed by atoms with Crippen LogP contribution in [-0.4, -0.2) is 60.2 Å². The lowest BCUT2D eigenvalue weighted by Gasteiger charge is -2.39. The van der Waals surface area contributed by atoms with Gasteiger partial charge >= 0.3 is 0 Å². The quantitative estimate of drug-likeness (QED) is 0.726. The number of benzene rings is 1. The summed E-state index contributed by atoms with van der Waals surface area (Å²) in [5, 5.41) is 3.38. The van der Waals surface area contributed by atoms with Crippen LogP contribution >= 0.6 is 0 Å². The molecule has 0 bridgehead atoms. The van der Waals surface area contributed by atoms with E-state index in [0.717, 1.165) is 61.0 Å². The fraction of sp³-hybridized carbons (Fsp3) is 0.545. The summed E-state index contributed by atoms with van der Waals surface area (Å²) in [6.07, 6.45) is 3.85. The van der Waals surface area contributed by atoms with E-state index >= 15 is 0 Å². The Morgan fingerprint density at radius 1 is 1.24 bits per heavy atom. The molecule has 2 unspecified atom stereocenters. The summed E-state index contributed by atoms with van der Waals surface area (Å²) < 4.78 is 6.15. The second kappa shape index (κ2) is 7.80. The van der Waals surface area contributed by atoms with Crippen molar-refractivity contribution in [3.05, 3.63) is 41.9 Å². The van der Waals surface area contributed by atoms with Crippen molar-refractivity contribution in [1.82, 2.24) is 20.2 Å². The van der Waals surface area contributed by atoms with Crippen molar-refractivity contribution in [1.29, 1.82) is 0 Å². The number of aromatic nitrogens is 2. The number of likely N-dealkylation sites (N-methyl/N-ethyl adjacent to an activating group) is 1. The maximum atomic E-state index is 6.35. The second-order valence-corrected chi connectivity index (χ2v) is 8.67. The molecule has 7 heteroatoms. The number of ether oxygens (including phenoxy) is 1. The van der Waals surface area contributed by atoms with Crippen molar-refractivity contribution in [3.8, 4) is 5.75 Å². The number of hydrogen-bond donors (Lipinski definition) is 2. The van der Waals surface area contributed by atoms with Crippen LogP contribution in [0.2, 0.25) is 0 Å². The van der Waals surface area contributed by atoms with Crippen LogP contribution in [0.15, 0.2) is 30.6 Å². The first-order chi connectivity index (χ1) is 13.9. The fourth-order valence-corrected chi connectivity index (χ4v) is 4.05. The van der Waals surface area contributed by atoms with E-state index in [1.165, 1.54) is 0 Å². The van der Waals surface area contributed by atoms with Gasteiger partial charge in [0.2, 0.25) is 0 Å². The Morgan fingerprint density at radius 3 is 2.72 bits per heavy atom. The number of nitrogens with one attached hydrogen (secondary N) is 1. The third kappa shape index (κ3) is 4.31. The third-order valence-electron chi connectivity index (χ3n) is 6.07. The van der Waals surface area contributed by atoms with E-state index in [4.69, 9.17) is 10.5 Å². The number of nitrogen functional groups attached to an aromatic ring is 1. The van der Waals surface area contributed by atoms with Crippen molar-refractivity contribution in [2.45, 2.75) is 44.4 Å². The van der Waals surface area contributed by atoms with E-state index in [1.807, 2.05) is 25.2 Å². The lowest BCUT2D eigenvalue weighted by Crippen LogP contribution is -2.50. The van der Waals surface area contributed by atoms with E-state index in [-0.39, 0.29) is 11.6 Å². The number of piperazine rings is 1. The van der Waals surface area contributed by atoms with Gasteiger partial charge in [-0.2, -0.15) is 0 Å². The summed E-state index contributed by atoms with van der Waals surface area (Å²) in [5.74, 6) is 1.82. The summed E-state index contributed by atoms with van der Waals surface area (Å²) in [7, 11) is 4.09. The molecule has 2 aliphatic rings. The zero-order valence-electron chi connectivity index (χ0n) is 17.9.